The highest BCUT2D eigenvalue weighted by atomic mass is 16.6. The summed E-state index contributed by atoms with van der Waals surface area (Å²) in [4.78, 5) is 66.7. The maximum Gasteiger partial charge on any atom is 0.358 e. The molecule has 0 aromatic rings. The highest BCUT2D eigenvalue weighted by molar-refractivity contribution is 6.17. The molecule has 0 aromatic carbocycles. The van der Waals surface area contributed by atoms with E-state index in [0.717, 1.165) is 14.0 Å². The molecule has 190 valence electrons. The van der Waals surface area contributed by atoms with Gasteiger partial charge in [-0.05, 0) is 53.0 Å². The summed E-state index contributed by atoms with van der Waals surface area (Å²) in [5.74, 6) is -6.35. The molecule has 6 atom stereocenters. The van der Waals surface area contributed by atoms with Crippen molar-refractivity contribution >= 4 is 29.3 Å². The molecular formula is C26H32O9. The molecule has 4 aliphatic rings. The molecule has 2 N–H and O–H groups in total. The molecule has 35 heavy (non-hydrogen) atoms. The van der Waals surface area contributed by atoms with Crippen LogP contribution in [0.5, 0.6) is 0 Å². The Balaban J connectivity index is 2.04. The minimum atomic E-state index is -2.27. The number of esters is 2. The molecule has 4 rings (SSSR count). The van der Waals surface area contributed by atoms with Crippen molar-refractivity contribution in [1.82, 2.24) is 0 Å². The van der Waals surface area contributed by atoms with Crippen LogP contribution >= 0.6 is 0 Å². The molecule has 1 aliphatic heterocycles. The zero-order valence-electron chi connectivity index (χ0n) is 21.2. The van der Waals surface area contributed by atoms with E-state index < -0.39 is 68.0 Å². The lowest BCUT2D eigenvalue weighted by molar-refractivity contribution is -0.241. The Morgan fingerprint density at radius 3 is 2.20 bits per heavy atom. The smallest absolute Gasteiger partial charge is 0.358 e. The van der Waals surface area contributed by atoms with Crippen LogP contribution < -0.4 is 0 Å². The minimum absolute atomic E-state index is 0.0884. The third kappa shape index (κ3) is 2.40. The normalized spacial score (nSPS) is 44.8. The third-order valence-electron chi connectivity index (χ3n) is 9.80. The van der Waals surface area contributed by atoms with Gasteiger partial charge in [-0.15, -0.1) is 0 Å². The van der Waals surface area contributed by atoms with Gasteiger partial charge < -0.3 is 19.7 Å². The monoisotopic (exact) mass is 488 g/mol. The zero-order chi connectivity index (χ0) is 26.7. The molecule has 0 aromatic heterocycles. The lowest BCUT2D eigenvalue weighted by atomic mass is 9.35. The zero-order valence-corrected chi connectivity index (χ0v) is 21.2. The molecule has 1 heterocycles. The number of aliphatic hydroxyl groups is 2. The van der Waals surface area contributed by atoms with Crippen LogP contribution in [0.15, 0.2) is 23.5 Å². The van der Waals surface area contributed by atoms with Crippen LogP contribution in [0.4, 0.5) is 0 Å². The predicted octanol–water partition coefficient (Wildman–Crippen LogP) is 2.15. The van der Waals surface area contributed by atoms with Crippen LogP contribution in [0.3, 0.4) is 0 Å². The van der Waals surface area contributed by atoms with Crippen molar-refractivity contribution in [3.05, 3.63) is 23.5 Å². The van der Waals surface area contributed by atoms with Crippen molar-refractivity contribution in [2.45, 2.75) is 72.0 Å². The Morgan fingerprint density at radius 1 is 1.09 bits per heavy atom. The van der Waals surface area contributed by atoms with Crippen molar-refractivity contribution in [2.75, 3.05) is 7.11 Å². The molecule has 0 spiro atoms. The molecule has 9 heteroatoms. The number of hydrogen-bond acceptors (Lipinski definition) is 9. The molecule has 1 saturated heterocycles. The Morgan fingerprint density at radius 2 is 1.66 bits per heavy atom. The van der Waals surface area contributed by atoms with Gasteiger partial charge in [0, 0.05) is 17.3 Å². The largest absolute Gasteiger partial charge is 0.504 e. The van der Waals surface area contributed by atoms with Crippen LogP contribution in [-0.4, -0.2) is 57.8 Å². The molecule has 3 fully saturated rings. The quantitative estimate of drug-likeness (QED) is 0.322. The molecule has 0 bridgehead atoms. The third-order valence-corrected chi connectivity index (χ3v) is 9.80. The number of fused-ring (bicyclic) bond motifs is 5. The van der Waals surface area contributed by atoms with Crippen molar-refractivity contribution in [3.8, 4) is 0 Å². The molecule has 3 aliphatic carbocycles. The fourth-order valence-corrected chi connectivity index (χ4v) is 7.64. The van der Waals surface area contributed by atoms with E-state index in [9.17, 15) is 34.2 Å². The van der Waals surface area contributed by atoms with Gasteiger partial charge in [-0.25, -0.2) is 4.79 Å². The maximum atomic E-state index is 14.0. The first kappa shape index (κ1) is 25.3. The van der Waals surface area contributed by atoms with Crippen molar-refractivity contribution < 1.29 is 43.7 Å². The summed E-state index contributed by atoms with van der Waals surface area (Å²) in [6, 6.07) is 0. The van der Waals surface area contributed by atoms with Gasteiger partial charge in [-0.2, -0.15) is 0 Å². The second kappa shape index (κ2) is 6.69. The van der Waals surface area contributed by atoms with Gasteiger partial charge in [-0.1, -0.05) is 19.1 Å². The molecule has 0 amide bonds. The number of hydrogen-bond donors (Lipinski definition) is 2. The fraction of sp³-hybridized carbons (Fsp3) is 0.654. The van der Waals surface area contributed by atoms with Crippen LogP contribution in [0.1, 0.15) is 60.8 Å². The van der Waals surface area contributed by atoms with Gasteiger partial charge in [0.25, 0.3) is 5.60 Å². The van der Waals surface area contributed by atoms with Gasteiger partial charge in [-0.3, -0.25) is 19.2 Å². The summed E-state index contributed by atoms with van der Waals surface area (Å²) >= 11 is 0. The Labute approximate surface area is 203 Å². The predicted molar refractivity (Wildman–Crippen MR) is 121 cm³/mol. The molecular weight excluding hydrogens is 456 g/mol. The van der Waals surface area contributed by atoms with Crippen LogP contribution in [0, 0.1) is 27.6 Å². The number of cyclic esters (lactones) is 1. The summed E-state index contributed by atoms with van der Waals surface area (Å²) in [6.45, 7) is 12.8. The second-order valence-corrected chi connectivity index (χ2v) is 11.7. The van der Waals surface area contributed by atoms with Crippen molar-refractivity contribution in [1.29, 1.82) is 0 Å². The minimum Gasteiger partial charge on any atom is -0.504 e. The van der Waals surface area contributed by atoms with E-state index in [0.29, 0.717) is 0 Å². The average Bonchev–Trinajstić information content (AvgIpc) is 2.76. The number of carbonyl (C=O) groups is 5. The van der Waals surface area contributed by atoms with Crippen LogP contribution in [0.25, 0.3) is 0 Å². The lowest BCUT2D eigenvalue weighted by Gasteiger charge is -2.68. The topological polar surface area (TPSA) is 144 Å². The highest BCUT2D eigenvalue weighted by Gasteiger charge is 2.81. The number of allylic oxidation sites excluding steroid dienone is 1. The Kier molecular flexibility index (Phi) is 4.83. The summed E-state index contributed by atoms with van der Waals surface area (Å²) < 4.78 is 10.1. The number of ketones is 3. The van der Waals surface area contributed by atoms with E-state index >= 15 is 0 Å². The number of aliphatic hydroxyl groups excluding tert-OH is 1. The van der Waals surface area contributed by atoms with Gasteiger partial charge in [0.2, 0.25) is 5.78 Å². The summed E-state index contributed by atoms with van der Waals surface area (Å²) in [5, 5.41) is 23.7. The van der Waals surface area contributed by atoms with E-state index in [1.807, 2.05) is 0 Å². The van der Waals surface area contributed by atoms with Crippen molar-refractivity contribution in [3.63, 3.8) is 0 Å². The van der Waals surface area contributed by atoms with Crippen LogP contribution in [0.2, 0.25) is 0 Å². The second-order valence-electron chi connectivity index (χ2n) is 11.7. The number of rotatable bonds is 1. The van der Waals surface area contributed by atoms with E-state index in [1.54, 1.807) is 20.8 Å². The van der Waals surface area contributed by atoms with Gasteiger partial charge in [0.1, 0.15) is 5.78 Å². The fourth-order valence-electron chi connectivity index (χ4n) is 7.64. The molecule has 0 unspecified atom stereocenters. The lowest BCUT2D eigenvalue weighted by Crippen LogP contribution is -2.78. The van der Waals surface area contributed by atoms with Gasteiger partial charge >= 0.3 is 11.9 Å². The summed E-state index contributed by atoms with van der Waals surface area (Å²) in [7, 11) is 1.06. The SMILES string of the molecule is C=C1C[C@@]2(O)[C@]3(C)CCC(=O)C(C)(C)C3=C(O)C(=O)[C@]2(C)[C@H]2C(=O)O[C@](C)(C(=O)OC)C(=O)[C@]12C. The highest BCUT2D eigenvalue weighted by Crippen LogP contribution is 2.72. The van der Waals surface area contributed by atoms with E-state index in [1.165, 1.54) is 13.8 Å². The summed E-state index contributed by atoms with van der Waals surface area (Å²) in [6.07, 6.45) is -0.0608. The molecule has 0 radical (unpaired) electrons. The van der Waals surface area contributed by atoms with Crippen LogP contribution in [-0.2, 0) is 33.4 Å². The Hall–Kier alpha value is -2.81. The Bertz CT molecular complexity index is 1180. The van der Waals surface area contributed by atoms with E-state index in [4.69, 9.17) is 9.47 Å². The first-order valence-corrected chi connectivity index (χ1v) is 11.6. The number of Topliss-reactive ketones (excluding diaryl/α,β-unsaturated/α-hetero) is 3. The standard InChI is InChI=1S/C26H32O9/c1-12-11-26(33)22(4)10-9-13(27)21(2,3)15(22)14(28)17(29)24(26,6)16-18(30)35-25(7,20(32)34-8)19(31)23(12,16)5/h16,28,33H,1,9-11H2,2-8H3/t16-,22+,23+,24-,25-,26+/m0/s1. The van der Waals surface area contributed by atoms with E-state index in [-0.39, 0.29) is 36.2 Å². The number of ether oxygens (including phenoxy) is 2. The first-order chi connectivity index (χ1) is 15.8. The first-order valence-electron chi connectivity index (χ1n) is 11.6. The maximum absolute atomic E-state index is 14.0. The molecule has 9 nitrogen and oxygen atoms in total. The number of carbonyl (C=O) groups excluding carboxylic acids is 5. The molecule has 2 saturated carbocycles. The van der Waals surface area contributed by atoms with E-state index in [2.05, 4.69) is 6.58 Å². The number of methoxy groups -OCH3 is 1. The van der Waals surface area contributed by atoms with Gasteiger partial charge in [0.05, 0.1) is 29.5 Å². The van der Waals surface area contributed by atoms with Gasteiger partial charge in [0.15, 0.2) is 11.5 Å². The average molecular weight is 489 g/mol. The summed E-state index contributed by atoms with van der Waals surface area (Å²) in [5.41, 5.74) is -10.3. The van der Waals surface area contributed by atoms with Crippen molar-refractivity contribution in [2.24, 2.45) is 27.6 Å².